The van der Waals surface area contributed by atoms with Crippen LogP contribution < -0.4 is 10.6 Å². The van der Waals surface area contributed by atoms with Crippen LogP contribution in [0.5, 0.6) is 0 Å². The summed E-state index contributed by atoms with van der Waals surface area (Å²) in [6.45, 7) is 0. The van der Waals surface area contributed by atoms with E-state index in [9.17, 15) is 4.79 Å². The average molecular weight is 208 g/mol. The molecule has 2 aliphatic carbocycles. The van der Waals surface area contributed by atoms with Crippen LogP contribution in [0.2, 0.25) is 0 Å². The molecule has 0 bridgehead atoms. The number of fused-ring (bicyclic) bond motifs is 1. The van der Waals surface area contributed by atoms with E-state index < -0.39 is 0 Å². The van der Waals surface area contributed by atoms with E-state index in [2.05, 4.69) is 10.6 Å². The van der Waals surface area contributed by atoms with E-state index >= 15 is 0 Å². The SMILES string of the molecule is O=C1NC2(CCCCC2)NC2CCCC12. The molecule has 1 spiro atoms. The molecule has 2 unspecified atom stereocenters. The molecule has 84 valence electrons. The van der Waals surface area contributed by atoms with Crippen molar-refractivity contribution in [2.45, 2.75) is 63.1 Å². The molecule has 3 rings (SSSR count). The lowest BCUT2D eigenvalue weighted by molar-refractivity contribution is -0.132. The van der Waals surface area contributed by atoms with E-state index in [1.807, 2.05) is 0 Å². The standard InChI is InChI=1S/C12H20N2O/c15-11-9-5-4-6-10(9)13-12(14-11)7-2-1-3-8-12/h9-10,13H,1-8H2,(H,14,15). The number of rotatable bonds is 0. The van der Waals surface area contributed by atoms with Crippen LogP contribution in [0.15, 0.2) is 0 Å². The number of amides is 1. The summed E-state index contributed by atoms with van der Waals surface area (Å²) in [5.41, 5.74) is -0.0269. The Hall–Kier alpha value is -0.570. The van der Waals surface area contributed by atoms with Crippen molar-refractivity contribution in [3.63, 3.8) is 0 Å². The first-order valence-corrected chi connectivity index (χ1v) is 6.39. The molecule has 3 heteroatoms. The van der Waals surface area contributed by atoms with Crippen molar-refractivity contribution < 1.29 is 4.79 Å². The summed E-state index contributed by atoms with van der Waals surface area (Å²) in [5, 5.41) is 6.98. The zero-order chi connectivity index (χ0) is 10.3. The number of hydrogen-bond acceptors (Lipinski definition) is 2. The second-order valence-corrected chi connectivity index (χ2v) is 5.42. The smallest absolute Gasteiger partial charge is 0.226 e. The van der Waals surface area contributed by atoms with Crippen molar-refractivity contribution in [3.05, 3.63) is 0 Å². The number of carbonyl (C=O) groups excluding carboxylic acids is 1. The molecule has 3 nitrogen and oxygen atoms in total. The third kappa shape index (κ3) is 1.57. The van der Waals surface area contributed by atoms with Crippen LogP contribution in [0.1, 0.15) is 51.4 Å². The van der Waals surface area contributed by atoms with Gasteiger partial charge in [-0.3, -0.25) is 10.1 Å². The molecule has 1 saturated heterocycles. The van der Waals surface area contributed by atoms with Gasteiger partial charge in [0.1, 0.15) is 0 Å². The Labute approximate surface area is 91.0 Å². The summed E-state index contributed by atoms with van der Waals surface area (Å²) < 4.78 is 0. The van der Waals surface area contributed by atoms with E-state index in [1.54, 1.807) is 0 Å². The molecule has 3 fully saturated rings. The molecule has 1 aliphatic heterocycles. The molecule has 0 aromatic heterocycles. The minimum absolute atomic E-state index is 0.0269. The molecule has 1 amide bonds. The lowest BCUT2D eigenvalue weighted by Crippen LogP contribution is -2.69. The highest BCUT2D eigenvalue weighted by Crippen LogP contribution is 2.35. The Morgan fingerprint density at radius 2 is 1.87 bits per heavy atom. The van der Waals surface area contributed by atoms with Crippen LogP contribution in [0.3, 0.4) is 0 Å². The van der Waals surface area contributed by atoms with Gasteiger partial charge in [-0.25, -0.2) is 0 Å². The van der Waals surface area contributed by atoms with Crippen LogP contribution in [0.4, 0.5) is 0 Å². The lowest BCUT2D eigenvalue weighted by Gasteiger charge is -2.46. The highest BCUT2D eigenvalue weighted by molar-refractivity contribution is 5.81. The average Bonchev–Trinajstić information content (AvgIpc) is 2.67. The van der Waals surface area contributed by atoms with Gasteiger partial charge in [0.2, 0.25) is 5.91 Å². The Morgan fingerprint density at radius 3 is 2.67 bits per heavy atom. The summed E-state index contributed by atoms with van der Waals surface area (Å²) in [7, 11) is 0. The van der Waals surface area contributed by atoms with E-state index in [4.69, 9.17) is 0 Å². The van der Waals surface area contributed by atoms with Crippen molar-refractivity contribution in [1.82, 2.24) is 10.6 Å². The van der Waals surface area contributed by atoms with Gasteiger partial charge < -0.3 is 5.32 Å². The quantitative estimate of drug-likeness (QED) is 0.634. The topological polar surface area (TPSA) is 41.1 Å². The molecule has 2 saturated carbocycles. The number of hydrogen-bond donors (Lipinski definition) is 2. The summed E-state index contributed by atoms with van der Waals surface area (Å²) in [4.78, 5) is 12.0. The molecular weight excluding hydrogens is 188 g/mol. The van der Waals surface area contributed by atoms with Crippen LogP contribution in [0.25, 0.3) is 0 Å². The summed E-state index contributed by atoms with van der Waals surface area (Å²) in [5.74, 6) is 0.579. The largest absolute Gasteiger partial charge is 0.338 e. The van der Waals surface area contributed by atoms with Gasteiger partial charge in [0.15, 0.2) is 0 Å². The van der Waals surface area contributed by atoms with Gasteiger partial charge in [-0.15, -0.1) is 0 Å². The van der Waals surface area contributed by atoms with Gasteiger partial charge in [0.25, 0.3) is 0 Å². The number of nitrogens with one attached hydrogen (secondary N) is 2. The molecule has 15 heavy (non-hydrogen) atoms. The third-order valence-corrected chi connectivity index (χ3v) is 4.38. The van der Waals surface area contributed by atoms with Crippen LogP contribution in [0, 0.1) is 5.92 Å². The second kappa shape index (κ2) is 3.48. The number of carbonyl (C=O) groups is 1. The first kappa shape index (κ1) is 9.64. The van der Waals surface area contributed by atoms with Crippen molar-refractivity contribution in [2.24, 2.45) is 5.92 Å². The van der Waals surface area contributed by atoms with Crippen molar-refractivity contribution in [3.8, 4) is 0 Å². The molecule has 1 heterocycles. The summed E-state index contributed by atoms with van der Waals surface area (Å²) in [6, 6.07) is 0.469. The third-order valence-electron chi connectivity index (χ3n) is 4.38. The Morgan fingerprint density at radius 1 is 1.07 bits per heavy atom. The second-order valence-electron chi connectivity index (χ2n) is 5.42. The van der Waals surface area contributed by atoms with Gasteiger partial charge in [0, 0.05) is 6.04 Å². The minimum atomic E-state index is -0.0269. The first-order chi connectivity index (χ1) is 7.29. The zero-order valence-electron chi connectivity index (χ0n) is 9.22. The summed E-state index contributed by atoms with van der Waals surface area (Å²) >= 11 is 0. The molecular formula is C12H20N2O. The molecule has 2 N–H and O–H groups in total. The predicted octanol–water partition coefficient (Wildman–Crippen LogP) is 1.53. The fourth-order valence-corrected chi connectivity index (χ4v) is 3.59. The highest BCUT2D eigenvalue weighted by atomic mass is 16.2. The normalized spacial score (nSPS) is 38.8. The van der Waals surface area contributed by atoms with E-state index in [0.717, 1.165) is 19.3 Å². The minimum Gasteiger partial charge on any atom is -0.338 e. The molecule has 2 atom stereocenters. The van der Waals surface area contributed by atoms with Gasteiger partial charge >= 0.3 is 0 Å². The monoisotopic (exact) mass is 208 g/mol. The predicted molar refractivity (Wildman–Crippen MR) is 58.2 cm³/mol. The van der Waals surface area contributed by atoms with Crippen LogP contribution in [-0.2, 0) is 4.79 Å². The highest BCUT2D eigenvalue weighted by Gasteiger charge is 2.46. The molecule has 3 aliphatic rings. The van der Waals surface area contributed by atoms with Crippen molar-refractivity contribution in [2.75, 3.05) is 0 Å². The fourth-order valence-electron chi connectivity index (χ4n) is 3.59. The van der Waals surface area contributed by atoms with Crippen molar-refractivity contribution >= 4 is 5.91 Å². The van der Waals surface area contributed by atoms with Gasteiger partial charge in [-0.1, -0.05) is 12.8 Å². The fraction of sp³-hybridized carbons (Fsp3) is 0.917. The van der Waals surface area contributed by atoms with E-state index in [-0.39, 0.29) is 11.6 Å². The van der Waals surface area contributed by atoms with Crippen molar-refractivity contribution in [1.29, 1.82) is 0 Å². The maximum atomic E-state index is 12.0. The molecule has 0 aromatic carbocycles. The van der Waals surface area contributed by atoms with Gasteiger partial charge in [-0.05, 0) is 38.5 Å². The molecule has 0 aromatic rings. The molecule has 0 radical (unpaired) electrons. The van der Waals surface area contributed by atoms with Gasteiger partial charge in [-0.2, -0.15) is 0 Å². The lowest BCUT2D eigenvalue weighted by atomic mass is 9.84. The Balaban J connectivity index is 1.79. The van der Waals surface area contributed by atoms with E-state index in [1.165, 1.54) is 32.1 Å². The first-order valence-electron chi connectivity index (χ1n) is 6.39. The van der Waals surface area contributed by atoms with Crippen LogP contribution >= 0.6 is 0 Å². The van der Waals surface area contributed by atoms with Gasteiger partial charge in [0.05, 0.1) is 11.6 Å². The maximum Gasteiger partial charge on any atom is 0.226 e. The summed E-state index contributed by atoms with van der Waals surface area (Å²) in [6.07, 6.45) is 9.58. The maximum absolute atomic E-state index is 12.0. The van der Waals surface area contributed by atoms with Crippen LogP contribution in [-0.4, -0.2) is 17.6 Å². The Kier molecular flexibility index (Phi) is 2.23. The zero-order valence-corrected chi connectivity index (χ0v) is 9.22. The van der Waals surface area contributed by atoms with E-state index in [0.29, 0.717) is 11.9 Å². The Bertz CT molecular complexity index is 271.